The summed E-state index contributed by atoms with van der Waals surface area (Å²) in [5.74, 6) is -0.245. The van der Waals surface area contributed by atoms with E-state index in [4.69, 9.17) is 5.73 Å². The fraction of sp³-hybridized carbons (Fsp3) is 0.294. The third-order valence-corrected chi connectivity index (χ3v) is 4.67. The maximum Gasteiger partial charge on any atom is 0.124 e. The number of hydrogen-bond donors (Lipinski definition) is 1. The molecule has 1 nitrogen and oxygen atoms in total. The highest BCUT2D eigenvalue weighted by Gasteiger charge is 2.14. The Labute approximate surface area is 127 Å². The summed E-state index contributed by atoms with van der Waals surface area (Å²) in [6, 6.07) is 11.2. The van der Waals surface area contributed by atoms with Crippen molar-refractivity contribution in [2.75, 3.05) is 0 Å². The molecule has 2 aromatic rings. The quantitative estimate of drug-likeness (QED) is 0.889. The highest BCUT2D eigenvalue weighted by molar-refractivity contribution is 9.10. The van der Waals surface area contributed by atoms with Gasteiger partial charge < -0.3 is 5.73 Å². The number of rotatable bonds is 3. The van der Waals surface area contributed by atoms with E-state index < -0.39 is 0 Å². The Balaban J connectivity index is 1.80. The van der Waals surface area contributed by atoms with E-state index in [1.54, 1.807) is 6.07 Å². The molecule has 0 bridgehead atoms. The van der Waals surface area contributed by atoms with Crippen LogP contribution in [0.25, 0.3) is 0 Å². The number of fused-ring (bicyclic) bond motifs is 1. The lowest BCUT2D eigenvalue weighted by Crippen LogP contribution is -2.14. The molecule has 20 heavy (non-hydrogen) atoms. The van der Waals surface area contributed by atoms with E-state index in [2.05, 4.69) is 34.1 Å². The first-order chi connectivity index (χ1) is 9.63. The zero-order chi connectivity index (χ0) is 14.1. The average Bonchev–Trinajstić information content (AvgIpc) is 2.85. The Morgan fingerprint density at radius 2 is 1.90 bits per heavy atom. The molecule has 1 aliphatic carbocycles. The van der Waals surface area contributed by atoms with Crippen molar-refractivity contribution < 1.29 is 4.39 Å². The topological polar surface area (TPSA) is 26.0 Å². The van der Waals surface area contributed by atoms with E-state index >= 15 is 0 Å². The molecule has 1 unspecified atom stereocenters. The zero-order valence-corrected chi connectivity index (χ0v) is 12.8. The van der Waals surface area contributed by atoms with Crippen LogP contribution in [-0.4, -0.2) is 0 Å². The maximum atomic E-state index is 13.1. The Morgan fingerprint density at radius 1 is 1.10 bits per heavy atom. The van der Waals surface area contributed by atoms with Crippen LogP contribution in [0.4, 0.5) is 4.39 Å². The molecule has 0 amide bonds. The van der Waals surface area contributed by atoms with E-state index in [1.165, 1.54) is 48.1 Å². The summed E-state index contributed by atoms with van der Waals surface area (Å²) in [4.78, 5) is 0. The zero-order valence-electron chi connectivity index (χ0n) is 11.2. The van der Waals surface area contributed by atoms with Gasteiger partial charge in [0.2, 0.25) is 0 Å². The predicted octanol–water partition coefficient (Wildman–Crippen LogP) is 4.32. The van der Waals surface area contributed by atoms with Crippen molar-refractivity contribution in [3.8, 4) is 0 Å². The molecule has 104 valence electrons. The highest BCUT2D eigenvalue weighted by atomic mass is 79.9. The van der Waals surface area contributed by atoms with Crippen molar-refractivity contribution in [3.63, 3.8) is 0 Å². The van der Waals surface area contributed by atoms with E-state index in [9.17, 15) is 4.39 Å². The molecule has 0 aromatic heterocycles. The summed E-state index contributed by atoms with van der Waals surface area (Å²) in [7, 11) is 0. The van der Waals surface area contributed by atoms with Gasteiger partial charge in [0.1, 0.15) is 5.82 Å². The van der Waals surface area contributed by atoms with Crippen LogP contribution in [0.3, 0.4) is 0 Å². The van der Waals surface area contributed by atoms with Gasteiger partial charge in [0.05, 0.1) is 0 Å². The summed E-state index contributed by atoms with van der Waals surface area (Å²) in [5.41, 5.74) is 11.4. The van der Waals surface area contributed by atoms with Gasteiger partial charge >= 0.3 is 0 Å². The molecule has 0 saturated carbocycles. The number of nitrogens with two attached hydrogens (primary N) is 1. The lowest BCUT2D eigenvalue weighted by Gasteiger charge is -2.15. The fourth-order valence-electron chi connectivity index (χ4n) is 2.92. The van der Waals surface area contributed by atoms with Crippen molar-refractivity contribution in [2.24, 2.45) is 5.73 Å². The van der Waals surface area contributed by atoms with Crippen molar-refractivity contribution in [1.29, 1.82) is 0 Å². The molecule has 0 spiro atoms. The molecule has 0 fully saturated rings. The molecule has 0 radical (unpaired) electrons. The van der Waals surface area contributed by atoms with Crippen LogP contribution >= 0.6 is 15.9 Å². The first kappa shape index (κ1) is 13.8. The van der Waals surface area contributed by atoms with Crippen LogP contribution in [0.5, 0.6) is 0 Å². The Bertz CT molecular complexity index is 639. The third kappa shape index (κ3) is 2.79. The molecular formula is C17H17BrFN. The van der Waals surface area contributed by atoms with Gasteiger partial charge in [-0.1, -0.05) is 40.2 Å². The first-order valence-electron chi connectivity index (χ1n) is 6.94. The summed E-state index contributed by atoms with van der Waals surface area (Å²) < 4.78 is 13.9. The smallest absolute Gasteiger partial charge is 0.124 e. The lowest BCUT2D eigenvalue weighted by molar-refractivity contribution is 0.623. The monoisotopic (exact) mass is 333 g/mol. The Kier molecular flexibility index (Phi) is 3.90. The molecule has 1 atom stereocenters. The third-order valence-electron chi connectivity index (χ3n) is 3.98. The van der Waals surface area contributed by atoms with Gasteiger partial charge in [0.15, 0.2) is 0 Å². The van der Waals surface area contributed by atoms with Crippen LogP contribution < -0.4 is 5.73 Å². The van der Waals surface area contributed by atoms with Gasteiger partial charge in [-0.2, -0.15) is 0 Å². The van der Waals surface area contributed by atoms with Crippen molar-refractivity contribution in [2.45, 2.75) is 31.7 Å². The molecular weight excluding hydrogens is 317 g/mol. The van der Waals surface area contributed by atoms with Gasteiger partial charge in [0.25, 0.3) is 0 Å². The summed E-state index contributed by atoms with van der Waals surface area (Å²) in [5, 5.41) is 0. The summed E-state index contributed by atoms with van der Waals surface area (Å²) in [6.07, 6.45) is 4.41. The number of halogens is 2. The molecule has 0 saturated heterocycles. The largest absolute Gasteiger partial charge is 0.324 e. The average molecular weight is 334 g/mol. The summed E-state index contributed by atoms with van der Waals surface area (Å²) >= 11 is 3.39. The van der Waals surface area contributed by atoms with Crippen molar-refractivity contribution >= 4 is 15.9 Å². The minimum absolute atomic E-state index is 0.121. The SMILES string of the molecule is NC(Cc1ccc2c(c1)CCC2)c1ccc(F)cc1Br. The van der Waals surface area contributed by atoms with Gasteiger partial charge in [0, 0.05) is 10.5 Å². The summed E-state index contributed by atoms with van der Waals surface area (Å²) in [6.45, 7) is 0. The highest BCUT2D eigenvalue weighted by Crippen LogP contribution is 2.28. The van der Waals surface area contributed by atoms with Crippen LogP contribution in [0.1, 0.15) is 34.7 Å². The first-order valence-corrected chi connectivity index (χ1v) is 7.74. The number of hydrogen-bond acceptors (Lipinski definition) is 1. The molecule has 0 heterocycles. The fourth-order valence-corrected chi connectivity index (χ4v) is 3.56. The van der Waals surface area contributed by atoms with Gasteiger partial charge in [-0.25, -0.2) is 4.39 Å². The normalized spacial score (nSPS) is 15.2. The van der Waals surface area contributed by atoms with E-state index in [1.807, 2.05) is 0 Å². The van der Waals surface area contributed by atoms with Crippen molar-refractivity contribution in [3.05, 3.63) is 68.9 Å². The van der Waals surface area contributed by atoms with Gasteiger partial charge in [-0.15, -0.1) is 0 Å². The van der Waals surface area contributed by atoms with E-state index in [-0.39, 0.29) is 11.9 Å². The van der Waals surface area contributed by atoms with Crippen LogP contribution in [-0.2, 0) is 19.3 Å². The second-order valence-electron chi connectivity index (χ2n) is 5.43. The van der Waals surface area contributed by atoms with Crippen LogP contribution in [0, 0.1) is 5.82 Å². The molecule has 3 rings (SSSR count). The van der Waals surface area contributed by atoms with Crippen LogP contribution in [0.2, 0.25) is 0 Å². The molecule has 3 heteroatoms. The predicted molar refractivity (Wildman–Crippen MR) is 83.2 cm³/mol. The van der Waals surface area contributed by atoms with E-state index in [0.717, 1.165) is 16.5 Å². The second kappa shape index (κ2) is 5.66. The van der Waals surface area contributed by atoms with Crippen molar-refractivity contribution in [1.82, 2.24) is 0 Å². The minimum Gasteiger partial charge on any atom is -0.324 e. The number of benzene rings is 2. The Morgan fingerprint density at radius 3 is 2.70 bits per heavy atom. The molecule has 1 aliphatic rings. The molecule has 2 aromatic carbocycles. The second-order valence-corrected chi connectivity index (χ2v) is 6.29. The van der Waals surface area contributed by atoms with Crippen LogP contribution in [0.15, 0.2) is 40.9 Å². The molecule has 2 N–H and O–H groups in total. The number of aryl methyl sites for hydroxylation is 2. The maximum absolute atomic E-state index is 13.1. The Hall–Kier alpha value is -1.19. The van der Waals surface area contributed by atoms with Gasteiger partial charge in [-0.3, -0.25) is 0 Å². The standard InChI is InChI=1S/C17H17BrFN/c18-16-10-14(19)6-7-15(16)17(20)9-11-4-5-12-2-1-3-13(12)8-11/h4-8,10,17H,1-3,9,20H2. The molecule has 0 aliphatic heterocycles. The lowest BCUT2D eigenvalue weighted by atomic mass is 9.97. The van der Waals surface area contributed by atoms with E-state index in [0.29, 0.717) is 0 Å². The van der Waals surface area contributed by atoms with Gasteiger partial charge in [-0.05, 0) is 60.1 Å². The minimum atomic E-state index is -0.245.